The van der Waals surface area contributed by atoms with E-state index in [-0.39, 0.29) is 23.1 Å². The average molecular weight is 460 g/mol. The maximum Gasteiger partial charge on any atom is 0.262 e. The molecule has 2 amide bonds. The van der Waals surface area contributed by atoms with Gasteiger partial charge in [0.25, 0.3) is 11.8 Å². The number of hydrogen-bond acceptors (Lipinski definition) is 4. The molecule has 2 N–H and O–H groups in total. The van der Waals surface area contributed by atoms with E-state index in [4.69, 9.17) is 16.3 Å². The number of carbonyl (C=O) groups excluding carboxylic acids is 2. The number of amides is 2. The smallest absolute Gasteiger partial charge is 0.262 e. The molecule has 6 nitrogen and oxygen atoms in total. The second kappa shape index (κ2) is 11.1. The highest BCUT2D eigenvalue weighted by Gasteiger charge is 2.24. The normalized spacial score (nSPS) is 14.2. The first-order valence-corrected chi connectivity index (χ1v) is 11.0. The van der Waals surface area contributed by atoms with Crippen molar-refractivity contribution >= 4 is 29.6 Å². The van der Waals surface area contributed by atoms with Crippen LogP contribution in [0.5, 0.6) is 5.75 Å². The van der Waals surface area contributed by atoms with Crippen LogP contribution < -0.4 is 15.5 Å². The Morgan fingerprint density at radius 1 is 1.19 bits per heavy atom. The van der Waals surface area contributed by atoms with Crippen LogP contribution in [-0.4, -0.2) is 30.7 Å². The van der Waals surface area contributed by atoms with E-state index in [9.17, 15) is 14.0 Å². The zero-order valence-electron chi connectivity index (χ0n) is 18.2. The Hall–Kier alpha value is -2.93. The van der Waals surface area contributed by atoms with Crippen molar-refractivity contribution in [3.63, 3.8) is 0 Å². The zero-order valence-corrected chi connectivity index (χ0v) is 18.9. The topological polar surface area (TPSA) is 79.8 Å². The Morgan fingerprint density at radius 2 is 1.94 bits per heavy atom. The minimum absolute atomic E-state index is 0.0676. The van der Waals surface area contributed by atoms with Crippen LogP contribution in [0.1, 0.15) is 43.4 Å². The fourth-order valence-corrected chi connectivity index (χ4v) is 3.77. The Labute approximate surface area is 192 Å². The van der Waals surface area contributed by atoms with Crippen molar-refractivity contribution in [2.75, 3.05) is 6.61 Å². The van der Waals surface area contributed by atoms with Gasteiger partial charge in [-0.1, -0.05) is 37.6 Å². The van der Waals surface area contributed by atoms with Crippen LogP contribution in [-0.2, 0) is 22.4 Å². The lowest BCUT2D eigenvalue weighted by molar-refractivity contribution is -0.131. The molecule has 32 heavy (non-hydrogen) atoms. The van der Waals surface area contributed by atoms with Crippen molar-refractivity contribution in [1.82, 2.24) is 10.7 Å². The quantitative estimate of drug-likeness (QED) is 0.462. The van der Waals surface area contributed by atoms with Crippen molar-refractivity contribution < 1.29 is 18.7 Å². The van der Waals surface area contributed by atoms with Gasteiger partial charge in [0.15, 0.2) is 6.61 Å². The Kier molecular flexibility index (Phi) is 8.22. The second-order valence-corrected chi connectivity index (χ2v) is 8.49. The Balaban J connectivity index is 1.54. The monoisotopic (exact) mass is 459 g/mol. The number of halogens is 2. The minimum Gasteiger partial charge on any atom is -0.484 e. The largest absolute Gasteiger partial charge is 0.484 e. The molecule has 2 aromatic rings. The summed E-state index contributed by atoms with van der Waals surface area (Å²) in [6.07, 6.45) is 5.59. The van der Waals surface area contributed by atoms with Gasteiger partial charge in [-0.25, -0.2) is 9.82 Å². The Bertz CT molecular complexity index is 990. The molecule has 0 fully saturated rings. The molecule has 0 spiro atoms. The van der Waals surface area contributed by atoms with E-state index in [1.807, 2.05) is 18.2 Å². The summed E-state index contributed by atoms with van der Waals surface area (Å²) in [4.78, 5) is 24.9. The maximum absolute atomic E-state index is 13.8. The molecule has 0 saturated heterocycles. The van der Waals surface area contributed by atoms with Crippen molar-refractivity contribution in [2.45, 2.75) is 45.6 Å². The first-order chi connectivity index (χ1) is 15.3. The van der Waals surface area contributed by atoms with E-state index in [1.54, 1.807) is 13.8 Å². The first kappa shape index (κ1) is 23.7. The molecule has 2 aromatic carbocycles. The van der Waals surface area contributed by atoms with Crippen LogP contribution in [0.15, 0.2) is 41.5 Å². The fourth-order valence-electron chi connectivity index (χ4n) is 3.56. The lowest BCUT2D eigenvalue weighted by Gasteiger charge is -2.21. The van der Waals surface area contributed by atoms with E-state index in [0.717, 1.165) is 25.5 Å². The summed E-state index contributed by atoms with van der Waals surface area (Å²) in [5.41, 5.74) is 5.00. The summed E-state index contributed by atoms with van der Waals surface area (Å²) in [7, 11) is 0. The molecule has 0 heterocycles. The first-order valence-electron chi connectivity index (χ1n) is 10.7. The number of hydrogen-bond donors (Lipinski definition) is 2. The highest BCUT2D eigenvalue weighted by Crippen LogP contribution is 2.25. The van der Waals surface area contributed by atoms with Gasteiger partial charge in [0.05, 0.1) is 11.2 Å². The summed E-state index contributed by atoms with van der Waals surface area (Å²) in [6, 6.07) is 9.31. The van der Waals surface area contributed by atoms with Gasteiger partial charge >= 0.3 is 0 Å². The average Bonchev–Trinajstić information content (AvgIpc) is 2.77. The zero-order chi connectivity index (χ0) is 23.1. The molecule has 0 unspecified atom stereocenters. The van der Waals surface area contributed by atoms with Gasteiger partial charge in [-0.2, -0.15) is 5.10 Å². The van der Waals surface area contributed by atoms with Crippen molar-refractivity contribution in [3.8, 4) is 5.75 Å². The van der Waals surface area contributed by atoms with Gasteiger partial charge in [-0.05, 0) is 67.0 Å². The predicted molar refractivity (Wildman–Crippen MR) is 122 cm³/mol. The van der Waals surface area contributed by atoms with Gasteiger partial charge in [0.1, 0.15) is 17.6 Å². The maximum atomic E-state index is 13.8. The Morgan fingerprint density at radius 3 is 2.66 bits per heavy atom. The summed E-state index contributed by atoms with van der Waals surface area (Å²) in [5, 5.41) is 6.62. The number of benzene rings is 2. The highest BCUT2D eigenvalue weighted by molar-refractivity contribution is 6.33. The van der Waals surface area contributed by atoms with Gasteiger partial charge in [-0.3, -0.25) is 9.59 Å². The molecule has 0 saturated carbocycles. The van der Waals surface area contributed by atoms with E-state index in [2.05, 4.69) is 15.8 Å². The minimum atomic E-state index is -0.831. The van der Waals surface area contributed by atoms with Gasteiger partial charge in [-0.15, -0.1) is 0 Å². The molecule has 1 aliphatic carbocycles. The summed E-state index contributed by atoms with van der Waals surface area (Å²) < 4.78 is 19.4. The number of nitrogens with zero attached hydrogens (tertiary/aromatic N) is 1. The van der Waals surface area contributed by atoms with Gasteiger partial charge in [0.2, 0.25) is 0 Å². The van der Waals surface area contributed by atoms with Crippen molar-refractivity contribution in [3.05, 3.63) is 63.9 Å². The summed E-state index contributed by atoms with van der Waals surface area (Å²) in [5.74, 6) is -1.06. The molecule has 8 heteroatoms. The van der Waals surface area contributed by atoms with E-state index in [1.165, 1.54) is 35.7 Å². The van der Waals surface area contributed by atoms with E-state index >= 15 is 0 Å². The fraction of sp³-hybridized carbons (Fsp3) is 0.375. The van der Waals surface area contributed by atoms with Gasteiger partial charge < -0.3 is 10.1 Å². The van der Waals surface area contributed by atoms with Crippen LogP contribution in [0, 0.1) is 11.7 Å². The molecule has 0 aromatic heterocycles. The lowest BCUT2D eigenvalue weighted by Crippen LogP contribution is -2.49. The molecule has 170 valence electrons. The van der Waals surface area contributed by atoms with Crippen LogP contribution in [0.3, 0.4) is 0 Å². The summed E-state index contributed by atoms with van der Waals surface area (Å²) >= 11 is 5.94. The highest BCUT2D eigenvalue weighted by atomic mass is 35.5. The van der Waals surface area contributed by atoms with E-state index in [0.29, 0.717) is 5.75 Å². The number of nitrogens with one attached hydrogen (secondary N) is 2. The van der Waals surface area contributed by atoms with E-state index < -0.39 is 23.7 Å². The SMILES string of the molecule is CC(C)[C@@H](NC(=O)COc1ccc2c(c1)CCCC2)C(=O)NN=Cc1c(F)cccc1Cl. The van der Waals surface area contributed by atoms with Crippen molar-refractivity contribution in [2.24, 2.45) is 11.0 Å². The van der Waals surface area contributed by atoms with Crippen molar-refractivity contribution in [1.29, 1.82) is 0 Å². The molecule has 0 bridgehead atoms. The molecule has 0 radical (unpaired) electrons. The molecule has 3 rings (SSSR count). The van der Waals surface area contributed by atoms with Crippen LogP contribution in [0.2, 0.25) is 5.02 Å². The standard InChI is InChI=1S/C24H27ClFN3O3/c1-15(2)23(24(31)29-27-13-19-20(25)8-5-9-21(19)26)28-22(30)14-32-18-11-10-16-6-3-4-7-17(16)12-18/h5,8-13,15,23H,3-4,6-7,14H2,1-2H3,(H,28,30)(H,29,31)/t23-/m1/s1. The third kappa shape index (κ3) is 6.29. The third-order valence-corrected chi connectivity index (χ3v) is 5.65. The number of fused-ring (bicyclic) bond motifs is 1. The molecular weight excluding hydrogens is 433 g/mol. The van der Waals surface area contributed by atoms with Crippen LogP contribution in [0.25, 0.3) is 0 Å². The van der Waals surface area contributed by atoms with Crippen LogP contribution in [0.4, 0.5) is 4.39 Å². The molecule has 1 atom stereocenters. The molecular formula is C24H27ClFN3O3. The number of aryl methyl sites for hydroxylation is 2. The number of ether oxygens (including phenoxy) is 1. The molecule has 0 aliphatic heterocycles. The third-order valence-electron chi connectivity index (χ3n) is 5.32. The number of carbonyl (C=O) groups is 2. The predicted octanol–water partition coefficient (Wildman–Crippen LogP) is 4.03. The van der Waals surface area contributed by atoms with Gasteiger partial charge in [0, 0.05) is 5.56 Å². The van der Waals surface area contributed by atoms with Crippen LogP contribution >= 0.6 is 11.6 Å². The summed E-state index contributed by atoms with van der Waals surface area (Å²) in [6.45, 7) is 3.39. The second-order valence-electron chi connectivity index (χ2n) is 8.09. The lowest BCUT2D eigenvalue weighted by atomic mass is 9.92. The number of hydrazone groups is 1. The molecule has 1 aliphatic rings. The number of rotatable bonds is 8.